The van der Waals surface area contributed by atoms with E-state index in [9.17, 15) is 13.2 Å². The standard InChI is InChI=1S/C18H24F3N3O/c19-18(20,21)15-10-17(23-16-3-1-2-14(15)16)22-11-13-4-7-24(13)12-5-8-25-9-6-12/h10,12-13H,1-9,11H2,(H,22,23). The van der Waals surface area contributed by atoms with Crippen molar-refractivity contribution < 1.29 is 17.9 Å². The third-order valence-corrected chi connectivity index (χ3v) is 5.72. The molecule has 7 heteroatoms. The van der Waals surface area contributed by atoms with Crippen LogP contribution in [-0.4, -0.2) is 48.3 Å². The molecule has 1 aromatic heterocycles. The molecular formula is C18H24F3N3O. The number of halogens is 3. The van der Waals surface area contributed by atoms with Gasteiger partial charge in [-0.1, -0.05) is 0 Å². The summed E-state index contributed by atoms with van der Waals surface area (Å²) in [5.41, 5.74) is 0.505. The number of aryl methyl sites for hydroxylation is 1. The Labute approximate surface area is 145 Å². The molecule has 138 valence electrons. The molecule has 1 N–H and O–H groups in total. The molecule has 2 saturated heterocycles. The molecule has 1 aromatic rings. The topological polar surface area (TPSA) is 37.4 Å². The molecule has 1 unspecified atom stereocenters. The van der Waals surface area contributed by atoms with E-state index in [2.05, 4.69) is 15.2 Å². The van der Waals surface area contributed by atoms with Crippen LogP contribution < -0.4 is 5.32 Å². The lowest BCUT2D eigenvalue weighted by Gasteiger charge is -2.47. The van der Waals surface area contributed by atoms with Gasteiger partial charge in [-0.25, -0.2) is 4.98 Å². The Morgan fingerprint density at radius 2 is 2.00 bits per heavy atom. The van der Waals surface area contributed by atoms with Crippen LogP contribution in [0, 0.1) is 0 Å². The van der Waals surface area contributed by atoms with Gasteiger partial charge in [0.25, 0.3) is 0 Å². The van der Waals surface area contributed by atoms with E-state index in [1.807, 2.05) is 0 Å². The molecule has 3 aliphatic rings. The average molecular weight is 355 g/mol. The summed E-state index contributed by atoms with van der Waals surface area (Å²) in [4.78, 5) is 6.91. The van der Waals surface area contributed by atoms with E-state index in [0.29, 0.717) is 48.5 Å². The van der Waals surface area contributed by atoms with Gasteiger partial charge in [0.15, 0.2) is 0 Å². The molecule has 2 aliphatic heterocycles. The van der Waals surface area contributed by atoms with Crippen LogP contribution in [0.25, 0.3) is 0 Å². The quantitative estimate of drug-likeness (QED) is 0.900. The molecule has 4 nitrogen and oxygen atoms in total. The highest BCUT2D eigenvalue weighted by molar-refractivity contribution is 5.47. The van der Waals surface area contributed by atoms with Crippen LogP contribution in [0.2, 0.25) is 0 Å². The van der Waals surface area contributed by atoms with Crippen molar-refractivity contribution in [3.8, 4) is 0 Å². The third-order valence-electron chi connectivity index (χ3n) is 5.72. The van der Waals surface area contributed by atoms with Crippen molar-refractivity contribution in [2.45, 2.75) is 56.8 Å². The fourth-order valence-electron chi connectivity index (χ4n) is 4.29. The largest absolute Gasteiger partial charge is 0.416 e. The third kappa shape index (κ3) is 3.49. The van der Waals surface area contributed by atoms with E-state index < -0.39 is 11.7 Å². The van der Waals surface area contributed by atoms with Crippen molar-refractivity contribution in [3.63, 3.8) is 0 Å². The van der Waals surface area contributed by atoms with Gasteiger partial charge in [0.1, 0.15) is 5.82 Å². The van der Waals surface area contributed by atoms with E-state index in [4.69, 9.17) is 4.74 Å². The number of hydrogen-bond acceptors (Lipinski definition) is 4. The predicted molar refractivity (Wildman–Crippen MR) is 88.7 cm³/mol. The van der Waals surface area contributed by atoms with Gasteiger partial charge in [0.05, 0.1) is 5.56 Å². The van der Waals surface area contributed by atoms with E-state index in [1.165, 1.54) is 6.07 Å². The lowest BCUT2D eigenvalue weighted by Crippen LogP contribution is -2.57. The molecule has 25 heavy (non-hydrogen) atoms. The molecule has 0 bridgehead atoms. The van der Waals surface area contributed by atoms with Crippen LogP contribution in [0.15, 0.2) is 6.07 Å². The number of ether oxygens (including phenoxy) is 1. The maximum absolute atomic E-state index is 13.3. The SMILES string of the molecule is FC(F)(F)c1cc(NCC2CCN2C2CCOCC2)nc2c1CCC2. The van der Waals surface area contributed by atoms with Crippen LogP contribution in [0.4, 0.5) is 19.0 Å². The van der Waals surface area contributed by atoms with Crippen molar-refractivity contribution in [1.29, 1.82) is 0 Å². The van der Waals surface area contributed by atoms with Gasteiger partial charge in [-0.2, -0.15) is 13.2 Å². The van der Waals surface area contributed by atoms with Crippen LogP contribution in [0.3, 0.4) is 0 Å². The second-order valence-electron chi connectivity index (χ2n) is 7.24. The van der Waals surface area contributed by atoms with Gasteiger partial charge in [-0.05, 0) is 50.2 Å². The second kappa shape index (κ2) is 6.76. The highest BCUT2D eigenvalue weighted by Crippen LogP contribution is 2.38. The molecule has 0 saturated carbocycles. The number of alkyl halides is 3. The summed E-state index contributed by atoms with van der Waals surface area (Å²) in [5.74, 6) is 0.367. The molecule has 0 aromatic carbocycles. The lowest BCUT2D eigenvalue weighted by molar-refractivity contribution is -0.138. The van der Waals surface area contributed by atoms with Crippen molar-refractivity contribution in [3.05, 3.63) is 22.9 Å². The number of anilines is 1. The van der Waals surface area contributed by atoms with Crippen LogP contribution in [0.1, 0.15) is 42.5 Å². The highest BCUT2D eigenvalue weighted by atomic mass is 19.4. The van der Waals surface area contributed by atoms with Crippen molar-refractivity contribution >= 4 is 5.82 Å². The first kappa shape index (κ1) is 17.1. The summed E-state index contributed by atoms with van der Waals surface area (Å²) < 4.78 is 45.4. The Hall–Kier alpha value is -1.34. The normalized spacial score (nSPS) is 24.8. The zero-order chi connectivity index (χ0) is 17.4. The van der Waals surface area contributed by atoms with Crippen molar-refractivity contribution in [1.82, 2.24) is 9.88 Å². The van der Waals surface area contributed by atoms with Gasteiger partial charge in [0, 0.05) is 44.1 Å². The van der Waals surface area contributed by atoms with E-state index in [0.717, 1.165) is 45.4 Å². The van der Waals surface area contributed by atoms with E-state index >= 15 is 0 Å². The Balaban J connectivity index is 1.43. The lowest BCUT2D eigenvalue weighted by atomic mass is 9.95. The number of fused-ring (bicyclic) bond motifs is 1. The maximum atomic E-state index is 13.3. The van der Waals surface area contributed by atoms with Crippen molar-refractivity contribution in [2.24, 2.45) is 0 Å². The van der Waals surface area contributed by atoms with Gasteiger partial charge in [-0.3, -0.25) is 4.90 Å². The fourth-order valence-corrected chi connectivity index (χ4v) is 4.29. The summed E-state index contributed by atoms with van der Waals surface area (Å²) in [6, 6.07) is 2.13. The summed E-state index contributed by atoms with van der Waals surface area (Å²) in [7, 11) is 0. The molecule has 3 heterocycles. The first-order valence-corrected chi connectivity index (χ1v) is 9.20. The highest BCUT2D eigenvalue weighted by Gasteiger charge is 2.37. The molecule has 2 fully saturated rings. The summed E-state index contributed by atoms with van der Waals surface area (Å²) in [6.07, 6.45) is 0.760. The predicted octanol–water partition coefficient (Wildman–Crippen LogP) is 3.25. The first-order chi connectivity index (χ1) is 12.0. The number of pyridine rings is 1. The van der Waals surface area contributed by atoms with Crippen LogP contribution in [-0.2, 0) is 23.8 Å². The fraction of sp³-hybridized carbons (Fsp3) is 0.722. The molecule has 0 radical (unpaired) electrons. The molecule has 0 spiro atoms. The molecule has 1 aliphatic carbocycles. The number of nitrogens with zero attached hydrogens (tertiary/aromatic N) is 2. The van der Waals surface area contributed by atoms with Crippen molar-refractivity contribution in [2.75, 3.05) is 31.6 Å². The van der Waals surface area contributed by atoms with Gasteiger partial charge in [-0.15, -0.1) is 0 Å². The molecular weight excluding hydrogens is 331 g/mol. The zero-order valence-electron chi connectivity index (χ0n) is 14.2. The average Bonchev–Trinajstić information content (AvgIpc) is 3.01. The minimum absolute atomic E-state index is 0.367. The second-order valence-corrected chi connectivity index (χ2v) is 7.24. The first-order valence-electron chi connectivity index (χ1n) is 9.20. The Morgan fingerprint density at radius 1 is 1.20 bits per heavy atom. The minimum atomic E-state index is -4.31. The van der Waals surface area contributed by atoms with E-state index in [1.54, 1.807) is 0 Å². The monoisotopic (exact) mass is 355 g/mol. The van der Waals surface area contributed by atoms with Crippen LogP contribution >= 0.6 is 0 Å². The zero-order valence-corrected chi connectivity index (χ0v) is 14.2. The number of aromatic nitrogens is 1. The van der Waals surface area contributed by atoms with Crippen LogP contribution in [0.5, 0.6) is 0 Å². The molecule has 4 rings (SSSR count). The Morgan fingerprint density at radius 3 is 2.68 bits per heavy atom. The Kier molecular flexibility index (Phi) is 4.62. The van der Waals surface area contributed by atoms with Gasteiger partial charge < -0.3 is 10.1 Å². The van der Waals surface area contributed by atoms with Gasteiger partial charge >= 0.3 is 6.18 Å². The summed E-state index contributed by atoms with van der Waals surface area (Å²) in [6.45, 7) is 3.34. The summed E-state index contributed by atoms with van der Waals surface area (Å²) in [5, 5.41) is 3.17. The minimum Gasteiger partial charge on any atom is -0.381 e. The number of nitrogens with one attached hydrogen (secondary N) is 1. The van der Waals surface area contributed by atoms with Gasteiger partial charge in [0.2, 0.25) is 0 Å². The number of rotatable bonds is 4. The number of likely N-dealkylation sites (tertiary alicyclic amines) is 1. The molecule has 1 atom stereocenters. The smallest absolute Gasteiger partial charge is 0.381 e. The molecule has 0 amide bonds. The van der Waals surface area contributed by atoms with E-state index in [-0.39, 0.29) is 0 Å². The summed E-state index contributed by atoms with van der Waals surface area (Å²) >= 11 is 0. The Bertz CT molecular complexity index is 629. The maximum Gasteiger partial charge on any atom is 0.416 e. The number of hydrogen-bond donors (Lipinski definition) is 1.